The summed E-state index contributed by atoms with van der Waals surface area (Å²) in [4.78, 5) is 23.4. The third-order valence-electron chi connectivity index (χ3n) is 3.35. The molecular weight excluding hydrogens is 218 g/mol. The van der Waals surface area contributed by atoms with Crippen molar-refractivity contribution in [2.75, 3.05) is 12.4 Å². The quantitative estimate of drug-likeness (QED) is 0.755. The molecule has 0 radical (unpaired) electrons. The monoisotopic (exact) mass is 233 g/mol. The van der Waals surface area contributed by atoms with Crippen LogP contribution in [0.15, 0.2) is 12.1 Å². The van der Waals surface area contributed by atoms with Gasteiger partial charge in [0.1, 0.15) is 0 Å². The molecule has 1 aliphatic rings. The van der Waals surface area contributed by atoms with Crippen molar-refractivity contribution in [3.05, 3.63) is 28.8 Å². The first-order valence-corrected chi connectivity index (χ1v) is 5.43. The number of benzene rings is 1. The topological polar surface area (TPSA) is 55.4 Å². The predicted octanol–water partition coefficient (Wildman–Crippen LogP) is 2.01. The van der Waals surface area contributed by atoms with E-state index in [1.54, 1.807) is 6.07 Å². The second kappa shape index (κ2) is 3.58. The lowest BCUT2D eigenvalue weighted by molar-refractivity contribution is -0.119. The number of carbonyl (C=O) groups excluding carboxylic acids is 2. The Labute approximate surface area is 100.0 Å². The molecule has 1 N–H and O–H groups in total. The van der Waals surface area contributed by atoms with E-state index in [9.17, 15) is 9.59 Å². The van der Waals surface area contributed by atoms with Crippen LogP contribution in [0, 0.1) is 6.92 Å². The molecule has 0 aliphatic carbocycles. The smallest absolute Gasteiger partial charge is 0.338 e. The van der Waals surface area contributed by atoms with E-state index < -0.39 is 5.41 Å². The highest BCUT2D eigenvalue weighted by Crippen LogP contribution is 2.40. The minimum absolute atomic E-state index is 0.0439. The van der Waals surface area contributed by atoms with E-state index in [4.69, 9.17) is 4.74 Å². The Balaban J connectivity index is 2.61. The summed E-state index contributed by atoms with van der Waals surface area (Å²) in [5, 5.41) is 2.83. The highest BCUT2D eigenvalue weighted by molar-refractivity contribution is 6.08. The normalized spacial score (nSPS) is 16.4. The molecule has 0 saturated carbocycles. The molecule has 0 spiro atoms. The molecule has 1 aromatic rings. The number of methoxy groups -OCH3 is 1. The van der Waals surface area contributed by atoms with E-state index in [-0.39, 0.29) is 11.9 Å². The van der Waals surface area contributed by atoms with Gasteiger partial charge in [0.05, 0.1) is 18.1 Å². The van der Waals surface area contributed by atoms with Crippen molar-refractivity contribution >= 4 is 17.6 Å². The number of fused-ring (bicyclic) bond motifs is 1. The van der Waals surface area contributed by atoms with Crippen molar-refractivity contribution in [2.45, 2.75) is 26.2 Å². The summed E-state index contributed by atoms with van der Waals surface area (Å²) in [6.45, 7) is 5.55. The standard InChI is InChI=1S/C13H15NO3/c1-7-8(11(15)17-4)5-6-9-10(7)14-12(16)13(9,2)3/h5-6H,1-4H3,(H,14,16). The number of carbonyl (C=O) groups is 2. The first kappa shape index (κ1) is 11.6. The van der Waals surface area contributed by atoms with Crippen LogP contribution in [0.25, 0.3) is 0 Å². The van der Waals surface area contributed by atoms with Crippen molar-refractivity contribution in [2.24, 2.45) is 0 Å². The van der Waals surface area contributed by atoms with E-state index in [1.165, 1.54) is 7.11 Å². The molecule has 0 fully saturated rings. The van der Waals surface area contributed by atoms with Gasteiger partial charge in [0.2, 0.25) is 5.91 Å². The van der Waals surface area contributed by atoms with Crippen LogP contribution in [0.3, 0.4) is 0 Å². The minimum atomic E-state index is -0.547. The Bertz CT molecular complexity index is 518. The number of esters is 1. The molecule has 1 amide bonds. The number of amides is 1. The van der Waals surface area contributed by atoms with Crippen molar-refractivity contribution in [3.8, 4) is 0 Å². The van der Waals surface area contributed by atoms with Crippen LogP contribution in [-0.4, -0.2) is 19.0 Å². The molecule has 2 rings (SSSR count). The summed E-state index contributed by atoms with van der Waals surface area (Å²) in [5.74, 6) is -0.429. The summed E-state index contributed by atoms with van der Waals surface area (Å²) >= 11 is 0. The number of hydrogen-bond donors (Lipinski definition) is 1. The second-order valence-corrected chi connectivity index (χ2v) is 4.73. The Hall–Kier alpha value is -1.84. The number of ether oxygens (including phenoxy) is 1. The van der Waals surface area contributed by atoms with Gasteiger partial charge in [-0.2, -0.15) is 0 Å². The Morgan fingerprint density at radius 2 is 2.00 bits per heavy atom. The first-order chi connectivity index (χ1) is 7.89. The fraction of sp³-hybridized carbons (Fsp3) is 0.385. The molecule has 1 aliphatic heterocycles. The van der Waals surface area contributed by atoms with E-state index in [1.807, 2.05) is 26.8 Å². The Morgan fingerprint density at radius 1 is 1.35 bits per heavy atom. The molecule has 4 heteroatoms. The van der Waals surface area contributed by atoms with Crippen molar-refractivity contribution in [1.82, 2.24) is 0 Å². The average molecular weight is 233 g/mol. The highest BCUT2D eigenvalue weighted by Gasteiger charge is 2.39. The highest BCUT2D eigenvalue weighted by atomic mass is 16.5. The maximum Gasteiger partial charge on any atom is 0.338 e. The molecule has 0 aromatic heterocycles. The zero-order valence-electron chi connectivity index (χ0n) is 10.4. The van der Waals surface area contributed by atoms with Crippen LogP contribution >= 0.6 is 0 Å². The summed E-state index contributed by atoms with van der Waals surface area (Å²) < 4.78 is 4.70. The van der Waals surface area contributed by atoms with E-state index in [0.29, 0.717) is 5.56 Å². The van der Waals surface area contributed by atoms with Crippen LogP contribution in [0.1, 0.15) is 35.3 Å². The third-order valence-corrected chi connectivity index (χ3v) is 3.35. The van der Waals surface area contributed by atoms with Crippen LogP contribution in [0.2, 0.25) is 0 Å². The van der Waals surface area contributed by atoms with Gasteiger partial charge in [-0.05, 0) is 38.0 Å². The van der Waals surface area contributed by atoms with Crippen LogP contribution < -0.4 is 5.32 Å². The van der Waals surface area contributed by atoms with Gasteiger partial charge in [-0.1, -0.05) is 6.07 Å². The number of anilines is 1. The van der Waals surface area contributed by atoms with Gasteiger partial charge in [0.25, 0.3) is 0 Å². The molecule has 0 atom stereocenters. The van der Waals surface area contributed by atoms with E-state index in [0.717, 1.165) is 16.8 Å². The molecule has 0 bridgehead atoms. The minimum Gasteiger partial charge on any atom is -0.465 e. The van der Waals surface area contributed by atoms with Crippen molar-refractivity contribution in [1.29, 1.82) is 0 Å². The van der Waals surface area contributed by atoms with Crippen molar-refractivity contribution < 1.29 is 14.3 Å². The van der Waals surface area contributed by atoms with Crippen LogP contribution in [0.5, 0.6) is 0 Å². The van der Waals surface area contributed by atoms with Crippen LogP contribution in [-0.2, 0) is 14.9 Å². The number of nitrogens with one attached hydrogen (secondary N) is 1. The van der Waals surface area contributed by atoms with Gasteiger partial charge < -0.3 is 10.1 Å². The van der Waals surface area contributed by atoms with E-state index in [2.05, 4.69) is 5.32 Å². The zero-order chi connectivity index (χ0) is 12.8. The third kappa shape index (κ3) is 1.52. The van der Waals surface area contributed by atoms with Gasteiger partial charge in [-0.15, -0.1) is 0 Å². The fourth-order valence-electron chi connectivity index (χ4n) is 2.12. The Morgan fingerprint density at radius 3 is 2.59 bits per heavy atom. The van der Waals surface area contributed by atoms with Crippen molar-refractivity contribution in [3.63, 3.8) is 0 Å². The zero-order valence-corrected chi connectivity index (χ0v) is 10.4. The molecule has 4 nitrogen and oxygen atoms in total. The van der Waals surface area contributed by atoms with Crippen LogP contribution in [0.4, 0.5) is 5.69 Å². The lowest BCUT2D eigenvalue weighted by Gasteiger charge is -2.15. The van der Waals surface area contributed by atoms with Gasteiger partial charge in [0, 0.05) is 5.69 Å². The second-order valence-electron chi connectivity index (χ2n) is 4.73. The van der Waals surface area contributed by atoms with Gasteiger partial charge in [-0.25, -0.2) is 4.79 Å². The predicted molar refractivity (Wildman–Crippen MR) is 64.2 cm³/mol. The SMILES string of the molecule is COC(=O)c1ccc2c(c1C)NC(=O)C2(C)C. The Kier molecular flexibility index (Phi) is 2.45. The average Bonchev–Trinajstić information content (AvgIpc) is 2.52. The fourth-order valence-corrected chi connectivity index (χ4v) is 2.12. The largest absolute Gasteiger partial charge is 0.465 e. The molecule has 0 unspecified atom stereocenters. The summed E-state index contributed by atoms with van der Waals surface area (Å²) in [7, 11) is 1.34. The maximum absolute atomic E-state index is 11.8. The van der Waals surface area contributed by atoms with Gasteiger partial charge in [-0.3, -0.25) is 4.79 Å². The summed E-state index contributed by atoms with van der Waals surface area (Å²) in [6.07, 6.45) is 0. The molecule has 0 saturated heterocycles. The lowest BCUT2D eigenvalue weighted by atomic mass is 9.85. The molecular formula is C13H15NO3. The number of hydrogen-bond acceptors (Lipinski definition) is 3. The summed E-state index contributed by atoms with van der Waals surface area (Å²) in [6, 6.07) is 3.52. The molecule has 1 heterocycles. The van der Waals surface area contributed by atoms with E-state index >= 15 is 0 Å². The first-order valence-electron chi connectivity index (χ1n) is 5.43. The molecule has 17 heavy (non-hydrogen) atoms. The van der Waals surface area contributed by atoms with Gasteiger partial charge >= 0.3 is 5.97 Å². The lowest BCUT2D eigenvalue weighted by Crippen LogP contribution is -2.26. The molecule has 90 valence electrons. The molecule has 1 aromatic carbocycles. The summed E-state index contributed by atoms with van der Waals surface area (Å²) in [5.41, 5.74) is 2.36. The maximum atomic E-state index is 11.8. The number of rotatable bonds is 1. The van der Waals surface area contributed by atoms with Gasteiger partial charge in [0.15, 0.2) is 0 Å².